The molecule has 0 aliphatic carbocycles. The molecule has 3 nitrogen and oxygen atoms in total. The minimum absolute atomic E-state index is 0. The van der Waals surface area contributed by atoms with Crippen molar-refractivity contribution >= 4 is 30.1 Å². The Bertz CT molecular complexity index is 636. The van der Waals surface area contributed by atoms with Gasteiger partial charge in [-0.15, -0.1) is 24.2 Å². The molecule has 0 bridgehead atoms. The number of halogens is 1. The fourth-order valence-electron chi connectivity index (χ4n) is 2.62. The number of rotatable bonds is 5. The topological polar surface area (TPSA) is 41.1 Å². The molecule has 0 saturated heterocycles. The maximum absolute atomic E-state index is 12.2. The second kappa shape index (κ2) is 8.96. The molecule has 1 unspecified atom stereocenters. The summed E-state index contributed by atoms with van der Waals surface area (Å²) in [6, 6.07) is 18.5. The predicted molar refractivity (Wildman–Crippen MR) is 98.2 cm³/mol. The van der Waals surface area contributed by atoms with E-state index in [0.29, 0.717) is 6.54 Å². The number of nitrogens with one attached hydrogen (secondary N) is 2. The fourth-order valence-corrected chi connectivity index (χ4v) is 3.41. The lowest BCUT2D eigenvalue weighted by Crippen LogP contribution is -2.48. The van der Waals surface area contributed by atoms with Crippen LogP contribution in [0.25, 0.3) is 0 Å². The van der Waals surface area contributed by atoms with E-state index in [2.05, 4.69) is 34.9 Å². The van der Waals surface area contributed by atoms with Crippen LogP contribution in [0.4, 0.5) is 0 Å². The summed E-state index contributed by atoms with van der Waals surface area (Å²) in [5.41, 5.74) is 2.58. The minimum Gasteiger partial charge on any atom is -0.354 e. The SMILES string of the molecule is Cl.O=C(NCCSc1ccccc1)C1Cc2ccccc2CN1. The van der Waals surface area contributed by atoms with Crippen LogP contribution in [0.3, 0.4) is 0 Å². The first-order valence-corrected chi connectivity index (χ1v) is 8.57. The highest BCUT2D eigenvalue weighted by atomic mass is 35.5. The van der Waals surface area contributed by atoms with E-state index in [1.54, 1.807) is 11.8 Å². The number of carbonyl (C=O) groups excluding carboxylic acids is 1. The molecule has 1 aliphatic rings. The third kappa shape index (κ3) is 4.99. The van der Waals surface area contributed by atoms with Gasteiger partial charge in [0.1, 0.15) is 0 Å². The van der Waals surface area contributed by atoms with Gasteiger partial charge in [-0.1, -0.05) is 42.5 Å². The molecular weight excluding hydrogens is 328 g/mol. The van der Waals surface area contributed by atoms with Gasteiger partial charge in [0.25, 0.3) is 0 Å². The lowest BCUT2D eigenvalue weighted by atomic mass is 9.95. The van der Waals surface area contributed by atoms with Gasteiger partial charge < -0.3 is 10.6 Å². The number of hydrogen-bond acceptors (Lipinski definition) is 3. The fraction of sp³-hybridized carbons (Fsp3) is 0.278. The molecule has 3 rings (SSSR count). The van der Waals surface area contributed by atoms with Gasteiger partial charge in [-0.3, -0.25) is 4.79 Å². The Labute approximate surface area is 147 Å². The Morgan fingerprint density at radius 1 is 1.09 bits per heavy atom. The molecule has 0 aromatic heterocycles. The molecule has 1 atom stereocenters. The van der Waals surface area contributed by atoms with Gasteiger partial charge in [0.2, 0.25) is 5.91 Å². The van der Waals surface area contributed by atoms with Crippen LogP contribution < -0.4 is 10.6 Å². The summed E-state index contributed by atoms with van der Waals surface area (Å²) < 4.78 is 0. The maximum Gasteiger partial charge on any atom is 0.237 e. The summed E-state index contributed by atoms with van der Waals surface area (Å²) in [7, 11) is 0. The standard InChI is InChI=1S/C18H20N2OS.ClH/c21-18(19-10-11-22-16-8-2-1-3-9-16)17-12-14-6-4-5-7-15(14)13-20-17;/h1-9,17,20H,10-13H2,(H,19,21);1H. The van der Waals surface area contributed by atoms with E-state index in [9.17, 15) is 4.79 Å². The minimum atomic E-state index is -0.114. The normalized spacial score (nSPS) is 16.1. The first-order valence-electron chi connectivity index (χ1n) is 7.58. The predicted octanol–water partition coefficient (Wildman–Crippen LogP) is 3.03. The van der Waals surface area contributed by atoms with Gasteiger partial charge in [-0.2, -0.15) is 0 Å². The molecule has 1 aliphatic heterocycles. The highest BCUT2D eigenvalue weighted by Crippen LogP contribution is 2.17. The largest absolute Gasteiger partial charge is 0.354 e. The second-order valence-corrected chi connectivity index (χ2v) is 6.53. The summed E-state index contributed by atoms with van der Waals surface area (Å²) >= 11 is 1.76. The van der Waals surface area contributed by atoms with Crippen LogP contribution in [0.2, 0.25) is 0 Å². The lowest BCUT2D eigenvalue weighted by Gasteiger charge is -2.25. The van der Waals surface area contributed by atoms with E-state index >= 15 is 0 Å². The van der Waals surface area contributed by atoms with E-state index in [1.165, 1.54) is 16.0 Å². The molecule has 0 saturated carbocycles. The molecule has 0 radical (unpaired) electrons. The van der Waals surface area contributed by atoms with Crippen LogP contribution in [0.1, 0.15) is 11.1 Å². The van der Waals surface area contributed by atoms with E-state index < -0.39 is 0 Å². The Kier molecular flexibility index (Phi) is 6.96. The third-order valence-electron chi connectivity index (χ3n) is 3.81. The van der Waals surface area contributed by atoms with Gasteiger partial charge in [-0.25, -0.2) is 0 Å². The van der Waals surface area contributed by atoms with Crippen molar-refractivity contribution in [2.45, 2.75) is 23.9 Å². The van der Waals surface area contributed by atoms with Crippen LogP contribution in [0.15, 0.2) is 59.5 Å². The Morgan fingerprint density at radius 2 is 1.78 bits per heavy atom. The van der Waals surface area contributed by atoms with Gasteiger partial charge in [0.05, 0.1) is 6.04 Å². The first-order chi connectivity index (χ1) is 10.8. The molecule has 0 spiro atoms. The Hall–Kier alpha value is -1.49. The molecule has 2 N–H and O–H groups in total. The van der Waals surface area contributed by atoms with Gasteiger partial charge in [0.15, 0.2) is 0 Å². The number of benzene rings is 2. The Morgan fingerprint density at radius 3 is 2.57 bits per heavy atom. The zero-order valence-corrected chi connectivity index (χ0v) is 14.5. The van der Waals surface area contributed by atoms with Gasteiger partial charge >= 0.3 is 0 Å². The van der Waals surface area contributed by atoms with Crippen LogP contribution in [-0.2, 0) is 17.8 Å². The van der Waals surface area contributed by atoms with Crippen molar-refractivity contribution in [3.8, 4) is 0 Å². The molecule has 2 aromatic rings. The molecule has 2 aromatic carbocycles. The number of thioether (sulfide) groups is 1. The monoisotopic (exact) mass is 348 g/mol. The second-order valence-electron chi connectivity index (χ2n) is 5.36. The van der Waals surface area contributed by atoms with Crippen LogP contribution in [-0.4, -0.2) is 24.2 Å². The van der Waals surface area contributed by atoms with Crippen LogP contribution in [0, 0.1) is 0 Å². The summed E-state index contributed by atoms with van der Waals surface area (Å²) in [5, 5.41) is 6.35. The number of hydrogen-bond donors (Lipinski definition) is 2. The van der Waals surface area contributed by atoms with Crippen LogP contribution in [0.5, 0.6) is 0 Å². The third-order valence-corrected chi connectivity index (χ3v) is 4.82. The van der Waals surface area contributed by atoms with Crippen molar-refractivity contribution in [3.05, 3.63) is 65.7 Å². The van der Waals surface area contributed by atoms with E-state index in [1.807, 2.05) is 30.3 Å². The number of fused-ring (bicyclic) bond motifs is 1. The molecule has 1 amide bonds. The molecule has 122 valence electrons. The maximum atomic E-state index is 12.2. The Balaban J connectivity index is 0.00000192. The highest BCUT2D eigenvalue weighted by molar-refractivity contribution is 7.99. The summed E-state index contributed by atoms with van der Waals surface area (Å²) in [4.78, 5) is 13.5. The summed E-state index contributed by atoms with van der Waals surface area (Å²) in [6.45, 7) is 1.46. The lowest BCUT2D eigenvalue weighted by molar-refractivity contribution is -0.123. The van der Waals surface area contributed by atoms with Crippen molar-refractivity contribution in [1.29, 1.82) is 0 Å². The summed E-state index contributed by atoms with van der Waals surface area (Å²) in [5.74, 6) is 0.988. The summed E-state index contributed by atoms with van der Waals surface area (Å²) in [6.07, 6.45) is 0.772. The van der Waals surface area contributed by atoms with E-state index in [4.69, 9.17) is 0 Å². The molecule has 5 heteroatoms. The van der Waals surface area contributed by atoms with Crippen molar-refractivity contribution in [2.75, 3.05) is 12.3 Å². The van der Waals surface area contributed by atoms with Crippen molar-refractivity contribution in [3.63, 3.8) is 0 Å². The van der Waals surface area contributed by atoms with Crippen molar-refractivity contribution < 1.29 is 4.79 Å². The molecule has 0 fully saturated rings. The van der Waals surface area contributed by atoms with E-state index in [0.717, 1.165) is 18.7 Å². The average molecular weight is 349 g/mol. The zero-order chi connectivity index (χ0) is 15.2. The number of carbonyl (C=O) groups is 1. The highest BCUT2D eigenvalue weighted by Gasteiger charge is 2.23. The number of amides is 1. The van der Waals surface area contributed by atoms with E-state index in [-0.39, 0.29) is 24.4 Å². The smallest absolute Gasteiger partial charge is 0.237 e. The van der Waals surface area contributed by atoms with Crippen molar-refractivity contribution in [1.82, 2.24) is 10.6 Å². The quantitative estimate of drug-likeness (QED) is 0.644. The van der Waals surface area contributed by atoms with Crippen molar-refractivity contribution in [2.24, 2.45) is 0 Å². The average Bonchev–Trinajstić information content (AvgIpc) is 2.59. The molecule has 1 heterocycles. The molecule has 23 heavy (non-hydrogen) atoms. The van der Waals surface area contributed by atoms with Gasteiger partial charge in [-0.05, 0) is 29.7 Å². The van der Waals surface area contributed by atoms with Gasteiger partial charge in [0, 0.05) is 23.7 Å². The first kappa shape index (κ1) is 17.9. The molecular formula is C18H21ClN2OS. The zero-order valence-electron chi connectivity index (χ0n) is 12.8. The van der Waals surface area contributed by atoms with Crippen LogP contribution >= 0.6 is 24.2 Å².